The van der Waals surface area contributed by atoms with E-state index in [1.165, 1.54) is 7.11 Å². The van der Waals surface area contributed by atoms with Crippen LogP contribution in [0.4, 0.5) is 0 Å². The second kappa shape index (κ2) is 6.28. The molecule has 0 spiro atoms. The molecule has 0 saturated carbocycles. The van der Waals surface area contributed by atoms with Gasteiger partial charge in [-0.1, -0.05) is 6.92 Å². The first-order chi connectivity index (χ1) is 7.69. The quantitative estimate of drug-likeness (QED) is 0.694. The number of Topliss-reactive ketones (excluding diaryl/α,β-unsaturated/α-hetero) is 1. The molecule has 1 rings (SSSR count). The van der Waals surface area contributed by atoms with Crippen LogP contribution in [-0.4, -0.2) is 25.6 Å². The Kier molecular flexibility index (Phi) is 4.99. The van der Waals surface area contributed by atoms with Crippen molar-refractivity contribution < 1.29 is 14.3 Å². The molecule has 0 bridgehead atoms. The van der Waals surface area contributed by atoms with Gasteiger partial charge in [-0.2, -0.15) is 0 Å². The van der Waals surface area contributed by atoms with Crippen LogP contribution in [0.2, 0.25) is 0 Å². The fraction of sp³-hybridized carbons (Fsp3) is 0.462. The Bertz CT molecular complexity index is 330. The summed E-state index contributed by atoms with van der Waals surface area (Å²) in [6.45, 7) is 4.49. The molecule has 0 saturated heterocycles. The first kappa shape index (κ1) is 12.7. The standard InChI is InChI=1S/C13H18O3/c1-4-9-16-12-7-5-11(6-8-12)13(14)10(2)15-3/h5-8,10H,4,9H2,1-3H3. The highest BCUT2D eigenvalue weighted by molar-refractivity contribution is 5.99. The predicted octanol–water partition coefficient (Wildman–Crippen LogP) is 2.69. The van der Waals surface area contributed by atoms with Gasteiger partial charge in [0.05, 0.1) is 6.61 Å². The molecular formula is C13H18O3. The number of carbonyl (C=O) groups excluding carboxylic acids is 1. The maximum atomic E-state index is 11.7. The summed E-state index contributed by atoms with van der Waals surface area (Å²) in [5.74, 6) is 0.785. The first-order valence-electron chi connectivity index (χ1n) is 5.49. The second-order valence-electron chi connectivity index (χ2n) is 3.62. The molecule has 0 heterocycles. The Morgan fingerprint density at radius 1 is 1.31 bits per heavy atom. The fourth-order valence-electron chi connectivity index (χ4n) is 1.28. The number of methoxy groups -OCH3 is 1. The SMILES string of the molecule is CCCOc1ccc(C(=O)C(C)OC)cc1. The van der Waals surface area contributed by atoms with Crippen LogP contribution in [0, 0.1) is 0 Å². The molecule has 0 N–H and O–H groups in total. The smallest absolute Gasteiger partial charge is 0.191 e. The van der Waals surface area contributed by atoms with Gasteiger partial charge in [-0.05, 0) is 37.6 Å². The Morgan fingerprint density at radius 2 is 1.94 bits per heavy atom. The Morgan fingerprint density at radius 3 is 2.44 bits per heavy atom. The van der Waals surface area contributed by atoms with Gasteiger partial charge in [0.1, 0.15) is 11.9 Å². The van der Waals surface area contributed by atoms with Crippen molar-refractivity contribution in [3.63, 3.8) is 0 Å². The minimum absolute atomic E-state index is 0.00968. The van der Waals surface area contributed by atoms with Crippen LogP contribution in [0.15, 0.2) is 24.3 Å². The topological polar surface area (TPSA) is 35.5 Å². The normalized spacial score (nSPS) is 12.2. The molecule has 0 aromatic heterocycles. The summed E-state index contributed by atoms with van der Waals surface area (Å²) in [4.78, 5) is 11.7. The highest BCUT2D eigenvalue weighted by Crippen LogP contribution is 2.14. The van der Waals surface area contributed by atoms with Crippen molar-refractivity contribution in [2.24, 2.45) is 0 Å². The summed E-state index contributed by atoms with van der Waals surface area (Å²) in [7, 11) is 1.53. The summed E-state index contributed by atoms with van der Waals surface area (Å²) < 4.78 is 10.4. The molecular weight excluding hydrogens is 204 g/mol. The lowest BCUT2D eigenvalue weighted by atomic mass is 10.1. The zero-order valence-electron chi connectivity index (χ0n) is 10.0. The van der Waals surface area contributed by atoms with Crippen molar-refractivity contribution in [2.75, 3.05) is 13.7 Å². The summed E-state index contributed by atoms with van der Waals surface area (Å²) in [6.07, 6.45) is 0.573. The van der Waals surface area contributed by atoms with Gasteiger partial charge in [-0.3, -0.25) is 4.79 Å². The summed E-state index contributed by atoms with van der Waals surface area (Å²) in [5, 5.41) is 0. The minimum Gasteiger partial charge on any atom is -0.494 e. The van der Waals surface area contributed by atoms with Crippen molar-refractivity contribution in [3.05, 3.63) is 29.8 Å². The van der Waals surface area contributed by atoms with E-state index in [1.54, 1.807) is 19.1 Å². The van der Waals surface area contributed by atoms with Crippen molar-refractivity contribution in [1.29, 1.82) is 0 Å². The van der Waals surface area contributed by atoms with E-state index in [2.05, 4.69) is 6.92 Å². The molecule has 0 fully saturated rings. The van der Waals surface area contributed by atoms with Crippen LogP contribution in [0.25, 0.3) is 0 Å². The van der Waals surface area contributed by atoms with E-state index in [9.17, 15) is 4.79 Å². The van der Waals surface area contributed by atoms with Crippen LogP contribution in [0.1, 0.15) is 30.6 Å². The lowest BCUT2D eigenvalue weighted by molar-refractivity contribution is 0.0655. The third-order valence-corrected chi connectivity index (χ3v) is 2.33. The van der Waals surface area contributed by atoms with E-state index in [4.69, 9.17) is 9.47 Å². The number of hydrogen-bond donors (Lipinski definition) is 0. The molecule has 0 aliphatic carbocycles. The second-order valence-corrected chi connectivity index (χ2v) is 3.62. The van der Waals surface area contributed by atoms with Gasteiger partial charge in [0.15, 0.2) is 5.78 Å². The minimum atomic E-state index is -0.401. The van der Waals surface area contributed by atoms with Crippen LogP contribution >= 0.6 is 0 Å². The first-order valence-corrected chi connectivity index (χ1v) is 5.49. The number of benzene rings is 1. The lowest BCUT2D eigenvalue weighted by Crippen LogP contribution is -2.18. The zero-order chi connectivity index (χ0) is 12.0. The predicted molar refractivity (Wildman–Crippen MR) is 63.0 cm³/mol. The molecule has 16 heavy (non-hydrogen) atoms. The van der Waals surface area contributed by atoms with E-state index >= 15 is 0 Å². The number of hydrogen-bond acceptors (Lipinski definition) is 3. The maximum Gasteiger partial charge on any atom is 0.191 e. The van der Waals surface area contributed by atoms with Gasteiger partial charge in [-0.25, -0.2) is 0 Å². The van der Waals surface area contributed by atoms with E-state index in [-0.39, 0.29) is 5.78 Å². The van der Waals surface area contributed by atoms with E-state index in [0.29, 0.717) is 12.2 Å². The van der Waals surface area contributed by atoms with Crippen molar-refractivity contribution >= 4 is 5.78 Å². The molecule has 1 atom stereocenters. The highest BCUT2D eigenvalue weighted by atomic mass is 16.5. The van der Waals surface area contributed by atoms with Crippen molar-refractivity contribution in [2.45, 2.75) is 26.4 Å². The van der Waals surface area contributed by atoms with Gasteiger partial charge in [0.25, 0.3) is 0 Å². The van der Waals surface area contributed by atoms with E-state index in [1.807, 2.05) is 12.1 Å². The van der Waals surface area contributed by atoms with Crippen molar-refractivity contribution in [3.8, 4) is 5.75 Å². The molecule has 0 aliphatic rings. The van der Waals surface area contributed by atoms with E-state index < -0.39 is 6.10 Å². The molecule has 1 aromatic rings. The van der Waals surface area contributed by atoms with Crippen LogP contribution in [-0.2, 0) is 4.74 Å². The van der Waals surface area contributed by atoms with Crippen LogP contribution < -0.4 is 4.74 Å². The Labute approximate surface area is 96.4 Å². The van der Waals surface area contributed by atoms with Gasteiger partial charge in [0.2, 0.25) is 0 Å². The third-order valence-electron chi connectivity index (χ3n) is 2.33. The van der Waals surface area contributed by atoms with Crippen molar-refractivity contribution in [1.82, 2.24) is 0 Å². The Balaban J connectivity index is 2.67. The molecule has 1 aromatic carbocycles. The summed E-state index contributed by atoms with van der Waals surface area (Å²) in [5.41, 5.74) is 0.651. The van der Waals surface area contributed by atoms with Gasteiger partial charge < -0.3 is 9.47 Å². The fourth-order valence-corrected chi connectivity index (χ4v) is 1.28. The average molecular weight is 222 g/mol. The molecule has 1 unspecified atom stereocenters. The highest BCUT2D eigenvalue weighted by Gasteiger charge is 2.13. The van der Waals surface area contributed by atoms with Crippen LogP contribution in [0.5, 0.6) is 5.75 Å². The van der Waals surface area contributed by atoms with E-state index in [0.717, 1.165) is 12.2 Å². The number of ether oxygens (including phenoxy) is 2. The van der Waals surface area contributed by atoms with Crippen LogP contribution in [0.3, 0.4) is 0 Å². The number of rotatable bonds is 6. The molecule has 0 amide bonds. The molecule has 3 heteroatoms. The van der Waals surface area contributed by atoms with Gasteiger partial charge in [0, 0.05) is 12.7 Å². The van der Waals surface area contributed by atoms with Gasteiger partial charge in [-0.15, -0.1) is 0 Å². The molecule has 3 nitrogen and oxygen atoms in total. The molecule has 0 radical (unpaired) electrons. The summed E-state index contributed by atoms with van der Waals surface area (Å²) >= 11 is 0. The largest absolute Gasteiger partial charge is 0.494 e. The monoisotopic (exact) mass is 222 g/mol. The van der Waals surface area contributed by atoms with Gasteiger partial charge >= 0.3 is 0 Å². The molecule has 0 aliphatic heterocycles. The zero-order valence-corrected chi connectivity index (χ0v) is 10.0. The summed E-state index contributed by atoms with van der Waals surface area (Å²) in [6, 6.07) is 7.15. The lowest BCUT2D eigenvalue weighted by Gasteiger charge is -2.09. The third kappa shape index (κ3) is 3.35. The number of ketones is 1. The maximum absolute atomic E-state index is 11.7. The number of carbonyl (C=O) groups is 1. The molecule has 88 valence electrons. The average Bonchev–Trinajstić information content (AvgIpc) is 2.35. The Hall–Kier alpha value is -1.35.